The van der Waals surface area contributed by atoms with E-state index >= 15 is 0 Å². The summed E-state index contributed by atoms with van der Waals surface area (Å²) in [5.41, 5.74) is 0. The van der Waals surface area contributed by atoms with Gasteiger partial charge in [0.2, 0.25) is 0 Å². The SMILES string of the molecule is [2H]C([2H])=COC. The second-order valence-electron chi connectivity index (χ2n) is 0.354. The molecule has 0 saturated heterocycles. The summed E-state index contributed by atoms with van der Waals surface area (Å²) in [5.74, 6) is 0. The lowest BCUT2D eigenvalue weighted by atomic mass is 11.2. The number of hydrogen-bond acceptors (Lipinski definition) is 1. The lowest BCUT2D eigenvalue weighted by Gasteiger charge is -1.73. The van der Waals surface area contributed by atoms with Gasteiger partial charge in [-0.25, -0.2) is 0 Å². The van der Waals surface area contributed by atoms with Crippen molar-refractivity contribution in [3.8, 4) is 0 Å². The number of methoxy groups -OCH3 is 1. The summed E-state index contributed by atoms with van der Waals surface area (Å²) in [4.78, 5) is 0. The van der Waals surface area contributed by atoms with Gasteiger partial charge in [0.15, 0.2) is 0 Å². The summed E-state index contributed by atoms with van der Waals surface area (Å²) in [7, 11) is 1.41. The Labute approximate surface area is 28.7 Å². The quantitative estimate of drug-likeness (QED) is 0.406. The molecule has 0 heterocycles. The summed E-state index contributed by atoms with van der Waals surface area (Å²) in [6.45, 7) is -0.308. The summed E-state index contributed by atoms with van der Waals surface area (Å²) in [6, 6.07) is 0. The molecule has 0 aliphatic heterocycles. The highest BCUT2D eigenvalue weighted by molar-refractivity contribution is 4.43. The van der Waals surface area contributed by atoms with Crippen LogP contribution in [0, 0.1) is 0 Å². The Morgan fingerprint density at radius 3 is 3.25 bits per heavy atom. The molecule has 0 aromatic heterocycles. The van der Waals surface area contributed by atoms with Gasteiger partial charge in [0.05, 0.1) is 16.1 Å². The first-order valence-electron chi connectivity index (χ1n) is 1.93. The van der Waals surface area contributed by atoms with E-state index in [-0.39, 0.29) is 6.53 Å². The molecule has 0 saturated carbocycles. The summed E-state index contributed by atoms with van der Waals surface area (Å²) >= 11 is 0. The Bertz CT molecular complexity index is 55.8. The second kappa shape index (κ2) is 2.54. The van der Waals surface area contributed by atoms with E-state index in [4.69, 9.17) is 2.74 Å². The highest BCUT2D eigenvalue weighted by Crippen LogP contribution is 1.52. The Morgan fingerprint density at radius 1 is 2.50 bits per heavy atom. The van der Waals surface area contributed by atoms with E-state index in [1.807, 2.05) is 0 Å². The average Bonchev–Trinajstić information content (AvgIpc) is 1.35. The fourth-order valence-electron chi connectivity index (χ4n) is 0. The van der Waals surface area contributed by atoms with Crippen molar-refractivity contribution in [1.29, 1.82) is 0 Å². The van der Waals surface area contributed by atoms with Crippen LogP contribution in [0.15, 0.2) is 12.8 Å². The normalized spacial score (nSPS) is 11.2. The van der Waals surface area contributed by atoms with Crippen molar-refractivity contribution in [3.63, 3.8) is 0 Å². The third kappa shape index (κ3) is 1.54. The lowest BCUT2D eigenvalue weighted by molar-refractivity contribution is 0.339. The fraction of sp³-hybridized carbons (Fsp3) is 0.333. The molecule has 0 spiro atoms. The number of ether oxygens (including phenoxy) is 1. The van der Waals surface area contributed by atoms with Crippen LogP contribution in [0.25, 0.3) is 0 Å². The van der Waals surface area contributed by atoms with Crippen LogP contribution >= 0.6 is 0 Å². The van der Waals surface area contributed by atoms with E-state index in [2.05, 4.69) is 4.74 Å². The monoisotopic (exact) mass is 60.1 g/mol. The van der Waals surface area contributed by atoms with Crippen LogP contribution < -0.4 is 0 Å². The van der Waals surface area contributed by atoms with Crippen molar-refractivity contribution in [2.24, 2.45) is 0 Å². The molecule has 0 aliphatic carbocycles. The molecular weight excluding hydrogens is 52.0 g/mol. The van der Waals surface area contributed by atoms with Crippen molar-refractivity contribution in [3.05, 3.63) is 12.8 Å². The van der Waals surface area contributed by atoms with Gasteiger partial charge in [-0.1, -0.05) is 6.53 Å². The first-order chi connectivity index (χ1) is 2.77. The van der Waals surface area contributed by atoms with E-state index in [0.717, 1.165) is 6.26 Å². The minimum Gasteiger partial charge on any atom is -0.505 e. The molecule has 4 heavy (non-hydrogen) atoms. The van der Waals surface area contributed by atoms with Crippen molar-refractivity contribution in [2.75, 3.05) is 7.11 Å². The molecule has 1 heteroatoms. The van der Waals surface area contributed by atoms with Gasteiger partial charge in [0.1, 0.15) is 0 Å². The van der Waals surface area contributed by atoms with Crippen molar-refractivity contribution in [2.45, 2.75) is 0 Å². The van der Waals surface area contributed by atoms with Gasteiger partial charge in [0, 0.05) is 0 Å². The molecule has 0 aliphatic rings. The maximum atomic E-state index is 6.38. The third-order valence-electron chi connectivity index (χ3n) is 0.118. The van der Waals surface area contributed by atoms with Crippen LogP contribution in [-0.4, -0.2) is 7.11 Å². The van der Waals surface area contributed by atoms with E-state index in [1.165, 1.54) is 7.11 Å². The molecule has 0 radical (unpaired) electrons. The fourth-order valence-corrected chi connectivity index (χ4v) is 0. The Morgan fingerprint density at radius 2 is 3.25 bits per heavy atom. The van der Waals surface area contributed by atoms with Crippen LogP contribution in [-0.2, 0) is 4.74 Å². The maximum absolute atomic E-state index is 6.38. The van der Waals surface area contributed by atoms with Crippen molar-refractivity contribution >= 4 is 0 Å². The second-order valence-corrected chi connectivity index (χ2v) is 0.354. The van der Waals surface area contributed by atoms with E-state index < -0.39 is 0 Å². The van der Waals surface area contributed by atoms with Crippen molar-refractivity contribution < 1.29 is 7.48 Å². The molecule has 0 rings (SSSR count). The molecule has 0 aromatic carbocycles. The predicted octanol–water partition coefficient (Wildman–Crippen LogP) is 0.776. The van der Waals surface area contributed by atoms with Crippen LogP contribution in [0.5, 0.6) is 0 Å². The Hall–Kier alpha value is -0.460. The van der Waals surface area contributed by atoms with E-state index in [1.54, 1.807) is 0 Å². The standard InChI is InChI=1S/C3H6O/c1-3-4-2/h3H,1H2,2H3/i1D2. The Balaban J connectivity index is 3.14. The minimum absolute atomic E-state index is 0.308. The zero-order valence-corrected chi connectivity index (χ0v) is 2.49. The van der Waals surface area contributed by atoms with Gasteiger partial charge in [0.25, 0.3) is 0 Å². The predicted molar refractivity (Wildman–Crippen MR) is 17.2 cm³/mol. The highest BCUT2D eigenvalue weighted by Gasteiger charge is 1.36. The Kier molecular flexibility index (Phi) is 0.704. The molecule has 24 valence electrons. The molecule has 0 atom stereocenters. The molecule has 0 amide bonds. The first-order valence-corrected chi connectivity index (χ1v) is 0.933. The van der Waals surface area contributed by atoms with Crippen LogP contribution in [0.1, 0.15) is 2.74 Å². The smallest absolute Gasteiger partial charge is 0.0766 e. The van der Waals surface area contributed by atoms with Crippen LogP contribution in [0.4, 0.5) is 0 Å². The zero-order valence-electron chi connectivity index (χ0n) is 4.49. The number of hydrogen-bond donors (Lipinski definition) is 0. The molecule has 1 nitrogen and oxygen atoms in total. The van der Waals surface area contributed by atoms with Crippen LogP contribution in [0.3, 0.4) is 0 Å². The summed E-state index contributed by atoms with van der Waals surface area (Å²) < 4.78 is 17.0. The molecule has 0 aromatic rings. The average molecular weight is 60.1 g/mol. The number of rotatable bonds is 1. The van der Waals surface area contributed by atoms with Crippen molar-refractivity contribution in [1.82, 2.24) is 0 Å². The zero-order chi connectivity index (χ0) is 4.99. The molecule has 0 unspecified atom stereocenters. The third-order valence-corrected chi connectivity index (χ3v) is 0.118. The van der Waals surface area contributed by atoms with E-state index in [0.29, 0.717) is 0 Å². The van der Waals surface area contributed by atoms with Gasteiger partial charge < -0.3 is 4.74 Å². The summed E-state index contributed by atoms with van der Waals surface area (Å²) in [5, 5.41) is 0. The van der Waals surface area contributed by atoms with Gasteiger partial charge in [-0.05, 0) is 0 Å². The van der Waals surface area contributed by atoms with Gasteiger partial charge in [-0.15, -0.1) is 0 Å². The molecular formula is C3H6O. The van der Waals surface area contributed by atoms with Gasteiger partial charge in [-0.3, -0.25) is 0 Å². The maximum Gasteiger partial charge on any atom is 0.0766 e. The van der Waals surface area contributed by atoms with Gasteiger partial charge >= 0.3 is 0 Å². The van der Waals surface area contributed by atoms with Gasteiger partial charge in [-0.2, -0.15) is 0 Å². The largest absolute Gasteiger partial charge is 0.505 e. The summed E-state index contributed by atoms with van der Waals surface area (Å²) in [6.07, 6.45) is 1.04. The lowest BCUT2D eigenvalue weighted by Crippen LogP contribution is -1.54. The minimum atomic E-state index is -0.308. The molecule has 0 N–H and O–H groups in total. The first kappa shape index (κ1) is 1.11. The molecule has 0 fully saturated rings. The topological polar surface area (TPSA) is 9.23 Å². The van der Waals surface area contributed by atoms with E-state index in [9.17, 15) is 0 Å². The van der Waals surface area contributed by atoms with Crippen LogP contribution in [0.2, 0.25) is 0 Å². The molecule has 0 bridgehead atoms. The highest BCUT2D eigenvalue weighted by atomic mass is 16.5.